The van der Waals surface area contributed by atoms with E-state index in [9.17, 15) is 15.0 Å². The molecule has 3 unspecified atom stereocenters. The molecule has 0 amide bonds. The van der Waals surface area contributed by atoms with E-state index in [1.807, 2.05) is 0 Å². The Kier molecular flexibility index (Phi) is 9.43. The van der Waals surface area contributed by atoms with Crippen molar-refractivity contribution in [2.75, 3.05) is 6.61 Å². The number of fused-ring (bicyclic) bond motifs is 5. The van der Waals surface area contributed by atoms with Crippen molar-refractivity contribution in [2.24, 2.45) is 63.1 Å². The highest BCUT2D eigenvalue weighted by Gasteiger charge is 2.70. The van der Waals surface area contributed by atoms with Crippen molar-refractivity contribution in [3.05, 3.63) is 0 Å². The molecule has 0 aromatic heterocycles. The van der Waals surface area contributed by atoms with Crippen LogP contribution in [0.4, 0.5) is 0 Å². The molecule has 5 N–H and O–H groups in total. The summed E-state index contributed by atoms with van der Waals surface area (Å²) in [6.07, 6.45) is 10.4. The SMILES string of the molecule is CC[C@]1(C(=O)O)C2CC[C@@]3(C)[C@@H]4CCC(C(C)C)C4(C)CC[C@]3(C)[C@H]2CC[C@H]1[C@@H](C)CO.O.O=CO. The lowest BCUT2D eigenvalue weighted by atomic mass is 9.34. The average Bonchev–Trinajstić information content (AvgIpc) is 3.17. The van der Waals surface area contributed by atoms with Crippen molar-refractivity contribution >= 4 is 12.4 Å². The molecule has 0 aromatic rings. The van der Waals surface area contributed by atoms with Crippen molar-refractivity contribution in [1.82, 2.24) is 0 Å². The molecule has 0 saturated heterocycles. The van der Waals surface area contributed by atoms with Crippen LogP contribution in [0.5, 0.6) is 0 Å². The number of hydrogen-bond acceptors (Lipinski definition) is 3. The number of carboxylic acids is 1. The summed E-state index contributed by atoms with van der Waals surface area (Å²) >= 11 is 0. The highest BCUT2D eigenvalue weighted by molar-refractivity contribution is 5.76. The van der Waals surface area contributed by atoms with Gasteiger partial charge in [0, 0.05) is 6.61 Å². The first-order chi connectivity index (χ1) is 16.3. The number of hydrogen-bond donors (Lipinski definition) is 3. The van der Waals surface area contributed by atoms with Gasteiger partial charge in [0.2, 0.25) is 0 Å². The number of aliphatic hydroxyl groups excluding tert-OH is 1. The maximum absolute atomic E-state index is 13.0. The van der Waals surface area contributed by atoms with E-state index in [2.05, 4.69) is 48.5 Å². The van der Waals surface area contributed by atoms with Crippen LogP contribution in [-0.4, -0.2) is 39.8 Å². The van der Waals surface area contributed by atoms with E-state index in [4.69, 9.17) is 9.90 Å². The third-order valence-corrected chi connectivity index (χ3v) is 12.8. The summed E-state index contributed by atoms with van der Waals surface area (Å²) in [4.78, 5) is 21.4. The summed E-state index contributed by atoms with van der Waals surface area (Å²) in [5, 5.41) is 27.6. The van der Waals surface area contributed by atoms with E-state index in [1.165, 1.54) is 32.1 Å². The van der Waals surface area contributed by atoms with Crippen molar-refractivity contribution in [3.8, 4) is 0 Å². The summed E-state index contributed by atoms with van der Waals surface area (Å²) in [5.74, 6) is 2.68. The van der Waals surface area contributed by atoms with Gasteiger partial charge in [-0.2, -0.15) is 0 Å². The molecule has 210 valence electrons. The van der Waals surface area contributed by atoms with Gasteiger partial charge in [-0.3, -0.25) is 9.59 Å². The molecule has 4 rings (SSSR count). The smallest absolute Gasteiger partial charge is 0.310 e. The van der Waals surface area contributed by atoms with E-state index >= 15 is 0 Å². The zero-order valence-corrected chi connectivity index (χ0v) is 23.8. The third kappa shape index (κ3) is 4.13. The first kappa shape index (κ1) is 31.1. The zero-order valence-electron chi connectivity index (χ0n) is 23.8. The van der Waals surface area contributed by atoms with Gasteiger partial charge in [0.05, 0.1) is 5.41 Å². The van der Waals surface area contributed by atoms with Gasteiger partial charge < -0.3 is 20.8 Å². The van der Waals surface area contributed by atoms with Gasteiger partial charge in [-0.15, -0.1) is 0 Å². The predicted octanol–water partition coefficient (Wildman–Crippen LogP) is 5.90. The highest BCUT2D eigenvalue weighted by Crippen LogP contribution is 2.76. The summed E-state index contributed by atoms with van der Waals surface area (Å²) in [7, 11) is 0. The number of aliphatic hydroxyl groups is 1. The van der Waals surface area contributed by atoms with Crippen LogP contribution in [0, 0.1) is 63.1 Å². The fourth-order valence-electron chi connectivity index (χ4n) is 11.1. The third-order valence-electron chi connectivity index (χ3n) is 12.8. The van der Waals surface area contributed by atoms with Crippen LogP contribution in [0.15, 0.2) is 0 Å². The Morgan fingerprint density at radius 3 is 2.00 bits per heavy atom. The van der Waals surface area contributed by atoms with Crippen LogP contribution in [-0.2, 0) is 9.59 Å². The van der Waals surface area contributed by atoms with Crippen molar-refractivity contribution in [3.63, 3.8) is 0 Å². The fourth-order valence-corrected chi connectivity index (χ4v) is 11.1. The maximum Gasteiger partial charge on any atom is 0.310 e. The molecule has 36 heavy (non-hydrogen) atoms. The highest BCUT2D eigenvalue weighted by atomic mass is 16.4. The molecule has 4 fully saturated rings. The van der Waals surface area contributed by atoms with Gasteiger partial charge in [0.1, 0.15) is 0 Å². The molecular formula is C30H54O6. The normalized spacial score (nSPS) is 46.2. The van der Waals surface area contributed by atoms with Gasteiger partial charge in [0.25, 0.3) is 6.47 Å². The van der Waals surface area contributed by atoms with Gasteiger partial charge in [-0.1, -0.05) is 48.5 Å². The Balaban J connectivity index is 0.00000109. The van der Waals surface area contributed by atoms with Gasteiger partial charge >= 0.3 is 5.97 Å². The molecule has 4 saturated carbocycles. The average molecular weight is 511 g/mol. The summed E-state index contributed by atoms with van der Waals surface area (Å²) in [6, 6.07) is 0. The summed E-state index contributed by atoms with van der Waals surface area (Å²) < 4.78 is 0. The molecule has 0 aliphatic heterocycles. The van der Waals surface area contributed by atoms with E-state index < -0.39 is 11.4 Å². The summed E-state index contributed by atoms with van der Waals surface area (Å²) in [5.41, 5.74) is 0.326. The monoisotopic (exact) mass is 510 g/mol. The van der Waals surface area contributed by atoms with E-state index in [0.717, 1.165) is 37.0 Å². The minimum Gasteiger partial charge on any atom is -0.483 e. The minimum absolute atomic E-state index is 0. The number of aliphatic carboxylic acids is 1. The van der Waals surface area contributed by atoms with Gasteiger partial charge in [-0.05, 0) is 115 Å². The standard InChI is InChI=1S/C29H50O3.CH2O2.H2O/c1-8-29(25(31)32)21(19(4)17-30)9-10-22-23(29)13-14-28(7)24-12-11-20(18(2)3)26(24,5)15-16-27(22,28)6;2-1-3;/h18-24,30H,8-17H2,1-7H3,(H,31,32);1H,(H,2,3);1H2/t19-,20?,21-,22-,23?,24+,26?,27+,28-,29+;;/m0../s1. The van der Waals surface area contributed by atoms with Gasteiger partial charge in [0.15, 0.2) is 0 Å². The molecule has 10 atom stereocenters. The Bertz CT molecular complexity index is 783. The predicted molar refractivity (Wildman–Crippen MR) is 142 cm³/mol. The number of carbonyl (C=O) groups is 2. The molecule has 0 radical (unpaired) electrons. The Morgan fingerprint density at radius 1 is 0.917 bits per heavy atom. The Morgan fingerprint density at radius 2 is 1.50 bits per heavy atom. The van der Waals surface area contributed by atoms with Crippen LogP contribution in [0.2, 0.25) is 0 Å². The number of carboxylic acid groups (broad SMARTS) is 2. The van der Waals surface area contributed by atoms with E-state index in [-0.39, 0.29) is 41.7 Å². The lowest BCUT2D eigenvalue weighted by Gasteiger charge is -2.70. The topological polar surface area (TPSA) is 126 Å². The lowest BCUT2D eigenvalue weighted by molar-refractivity contribution is -0.225. The fraction of sp³-hybridized carbons (Fsp3) is 0.933. The minimum atomic E-state index is -0.674. The van der Waals surface area contributed by atoms with Crippen molar-refractivity contribution < 1.29 is 30.4 Å². The van der Waals surface area contributed by atoms with Crippen molar-refractivity contribution in [2.45, 2.75) is 106 Å². The quantitative estimate of drug-likeness (QED) is 0.397. The van der Waals surface area contributed by atoms with Crippen LogP contribution in [0.3, 0.4) is 0 Å². The Labute approximate surface area is 218 Å². The zero-order chi connectivity index (χ0) is 26.4. The number of rotatable bonds is 5. The van der Waals surface area contributed by atoms with Crippen LogP contribution >= 0.6 is 0 Å². The van der Waals surface area contributed by atoms with Crippen LogP contribution < -0.4 is 0 Å². The molecule has 4 aliphatic rings. The Hall–Kier alpha value is -1.14. The molecule has 0 heterocycles. The van der Waals surface area contributed by atoms with Crippen LogP contribution in [0.1, 0.15) is 106 Å². The molecule has 0 spiro atoms. The largest absolute Gasteiger partial charge is 0.483 e. The van der Waals surface area contributed by atoms with E-state index in [1.54, 1.807) is 0 Å². The summed E-state index contributed by atoms with van der Waals surface area (Å²) in [6.45, 7) is 16.7. The second-order valence-corrected chi connectivity index (χ2v) is 13.7. The maximum atomic E-state index is 13.0. The second-order valence-electron chi connectivity index (χ2n) is 13.7. The molecular weight excluding hydrogens is 456 g/mol. The second kappa shape index (κ2) is 10.9. The first-order valence-corrected chi connectivity index (χ1v) is 14.3. The molecule has 6 nitrogen and oxygen atoms in total. The van der Waals surface area contributed by atoms with Gasteiger partial charge in [-0.25, -0.2) is 0 Å². The molecule has 6 heteroatoms. The van der Waals surface area contributed by atoms with Crippen molar-refractivity contribution in [1.29, 1.82) is 0 Å². The van der Waals surface area contributed by atoms with Crippen LogP contribution in [0.25, 0.3) is 0 Å². The lowest BCUT2D eigenvalue weighted by Crippen LogP contribution is -2.65. The molecule has 0 aromatic carbocycles. The van der Waals surface area contributed by atoms with E-state index in [0.29, 0.717) is 23.2 Å². The molecule has 4 aliphatic carbocycles. The molecule has 0 bridgehead atoms. The first-order valence-electron chi connectivity index (χ1n) is 14.3.